The van der Waals surface area contributed by atoms with Gasteiger partial charge in [-0.2, -0.15) is 4.98 Å². The maximum Gasteiger partial charge on any atom is 0.251 e. The fourth-order valence-electron chi connectivity index (χ4n) is 2.68. The van der Waals surface area contributed by atoms with E-state index in [-0.39, 0.29) is 12.5 Å². The van der Waals surface area contributed by atoms with Crippen molar-refractivity contribution in [3.63, 3.8) is 0 Å². The molecule has 0 bridgehead atoms. The Balaban J connectivity index is 1.44. The quantitative estimate of drug-likeness (QED) is 0.885. The van der Waals surface area contributed by atoms with Gasteiger partial charge in [-0.05, 0) is 37.3 Å². The molecule has 1 aliphatic heterocycles. The SMILES string of the molecule is O=C(NCc1noc(CCC2CCCOC2)n1)c1ccccc1. The van der Waals surface area contributed by atoms with Crippen molar-refractivity contribution in [1.29, 1.82) is 0 Å². The minimum absolute atomic E-state index is 0.142. The zero-order valence-corrected chi connectivity index (χ0v) is 13.0. The predicted octanol–water partition coefficient (Wildman–Crippen LogP) is 2.36. The first kappa shape index (κ1) is 15.7. The minimum atomic E-state index is -0.142. The molecule has 2 aromatic rings. The van der Waals surface area contributed by atoms with Crippen molar-refractivity contribution in [2.45, 2.75) is 32.2 Å². The van der Waals surface area contributed by atoms with E-state index < -0.39 is 0 Å². The van der Waals surface area contributed by atoms with Gasteiger partial charge in [0.1, 0.15) is 0 Å². The molecule has 0 saturated carbocycles. The summed E-state index contributed by atoms with van der Waals surface area (Å²) < 4.78 is 10.7. The summed E-state index contributed by atoms with van der Waals surface area (Å²) in [7, 11) is 0. The zero-order chi connectivity index (χ0) is 15.9. The molecule has 1 fully saturated rings. The molecule has 1 atom stereocenters. The van der Waals surface area contributed by atoms with Gasteiger partial charge in [-0.25, -0.2) is 0 Å². The Bertz CT molecular complexity index is 621. The van der Waals surface area contributed by atoms with Gasteiger partial charge in [-0.1, -0.05) is 23.4 Å². The minimum Gasteiger partial charge on any atom is -0.381 e. The van der Waals surface area contributed by atoms with Crippen molar-refractivity contribution < 1.29 is 14.1 Å². The number of carbonyl (C=O) groups excluding carboxylic acids is 1. The van der Waals surface area contributed by atoms with Crippen LogP contribution in [-0.2, 0) is 17.7 Å². The summed E-state index contributed by atoms with van der Waals surface area (Å²) >= 11 is 0. The van der Waals surface area contributed by atoms with E-state index in [0.29, 0.717) is 23.2 Å². The summed E-state index contributed by atoms with van der Waals surface area (Å²) in [6, 6.07) is 9.07. The number of benzene rings is 1. The highest BCUT2D eigenvalue weighted by molar-refractivity contribution is 5.93. The molecule has 3 rings (SSSR count). The van der Waals surface area contributed by atoms with E-state index in [1.165, 1.54) is 6.42 Å². The topological polar surface area (TPSA) is 77.2 Å². The van der Waals surface area contributed by atoms with Gasteiger partial charge in [0.15, 0.2) is 5.82 Å². The second-order valence-electron chi connectivity index (χ2n) is 5.77. The van der Waals surface area contributed by atoms with Gasteiger partial charge < -0.3 is 14.6 Å². The molecule has 6 nitrogen and oxygen atoms in total. The van der Waals surface area contributed by atoms with E-state index in [0.717, 1.165) is 32.5 Å². The van der Waals surface area contributed by atoms with E-state index in [2.05, 4.69) is 15.5 Å². The van der Waals surface area contributed by atoms with Crippen molar-refractivity contribution in [2.24, 2.45) is 5.92 Å². The molecule has 0 spiro atoms. The fourth-order valence-corrected chi connectivity index (χ4v) is 2.68. The summed E-state index contributed by atoms with van der Waals surface area (Å²) in [5.74, 6) is 1.57. The number of ether oxygens (including phenoxy) is 1. The number of nitrogens with zero attached hydrogens (tertiary/aromatic N) is 2. The molecule has 23 heavy (non-hydrogen) atoms. The maximum atomic E-state index is 11.9. The van der Waals surface area contributed by atoms with E-state index in [1.807, 2.05) is 18.2 Å². The monoisotopic (exact) mass is 315 g/mol. The second-order valence-corrected chi connectivity index (χ2v) is 5.77. The van der Waals surface area contributed by atoms with Crippen LogP contribution in [0.5, 0.6) is 0 Å². The molecule has 0 radical (unpaired) electrons. The maximum absolute atomic E-state index is 11.9. The predicted molar refractivity (Wildman–Crippen MR) is 83.8 cm³/mol. The van der Waals surface area contributed by atoms with Crippen LogP contribution in [0.2, 0.25) is 0 Å². The summed E-state index contributed by atoms with van der Waals surface area (Å²) in [5.41, 5.74) is 0.619. The van der Waals surface area contributed by atoms with E-state index in [1.54, 1.807) is 12.1 Å². The number of rotatable bonds is 6. The van der Waals surface area contributed by atoms with Crippen molar-refractivity contribution in [1.82, 2.24) is 15.5 Å². The largest absolute Gasteiger partial charge is 0.381 e. The fraction of sp³-hybridized carbons (Fsp3) is 0.471. The first-order chi connectivity index (χ1) is 11.3. The van der Waals surface area contributed by atoms with Crippen LogP contribution in [0.25, 0.3) is 0 Å². The van der Waals surface area contributed by atoms with E-state index in [4.69, 9.17) is 9.26 Å². The van der Waals surface area contributed by atoms with Crippen LogP contribution in [0.1, 0.15) is 41.3 Å². The van der Waals surface area contributed by atoms with Crippen molar-refractivity contribution in [2.75, 3.05) is 13.2 Å². The average Bonchev–Trinajstić information content (AvgIpc) is 3.07. The highest BCUT2D eigenvalue weighted by Gasteiger charge is 2.16. The van der Waals surface area contributed by atoms with Gasteiger partial charge in [0.25, 0.3) is 5.91 Å². The van der Waals surface area contributed by atoms with Crippen LogP contribution in [0, 0.1) is 5.92 Å². The summed E-state index contributed by atoms with van der Waals surface area (Å²) in [6.45, 7) is 1.97. The third-order valence-corrected chi connectivity index (χ3v) is 3.97. The summed E-state index contributed by atoms with van der Waals surface area (Å²) in [5, 5.41) is 6.70. The lowest BCUT2D eigenvalue weighted by Crippen LogP contribution is -2.23. The number of hydrogen-bond acceptors (Lipinski definition) is 5. The normalized spacial score (nSPS) is 17.8. The third kappa shape index (κ3) is 4.63. The van der Waals surface area contributed by atoms with Crippen LogP contribution >= 0.6 is 0 Å². The number of amides is 1. The van der Waals surface area contributed by atoms with Crippen molar-refractivity contribution in [3.05, 3.63) is 47.6 Å². The Hall–Kier alpha value is -2.21. The molecule has 1 N–H and O–H groups in total. The molecule has 122 valence electrons. The Labute approximate surface area is 135 Å². The van der Waals surface area contributed by atoms with Gasteiger partial charge in [0.2, 0.25) is 5.89 Å². The molecule has 1 aliphatic rings. The molecule has 1 amide bonds. The van der Waals surface area contributed by atoms with Crippen molar-refractivity contribution >= 4 is 5.91 Å². The second kappa shape index (κ2) is 7.87. The van der Waals surface area contributed by atoms with Gasteiger partial charge in [-0.15, -0.1) is 0 Å². The van der Waals surface area contributed by atoms with Crippen LogP contribution in [0.4, 0.5) is 0 Å². The molecule has 0 aliphatic carbocycles. The highest BCUT2D eigenvalue weighted by atomic mass is 16.5. The Morgan fingerprint density at radius 3 is 2.96 bits per heavy atom. The van der Waals surface area contributed by atoms with E-state index >= 15 is 0 Å². The summed E-state index contributed by atoms with van der Waals surface area (Å²) in [4.78, 5) is 16.3. The summed E-state index contributed by atoms with van der Waals surface area (Å²) in [6.07, 6.45) is 4.09. The highest BCUT2D eigenvalue weighted by Crippen LogP contribution is 2.19. The molecule has 1 unspecified atom stereocenters. The van der Waals surface area contributed by atoms with Crippen LogP contribution < -0.4 is 5.32 Å². The molecule has 1 aromatic heterocycles. The first-order valence-corrected chi connectivity index (χ1v) is 8.04. The molecule has 1 saturated heterocycles. The number of carbonyl (C=O) groups is 1. The lowest BCUT2D eigenvalue weighted by atomic mass is 9.97. The van der Waals surface area contributed by atoms with Crippen LogP contribution in [0.15, 0.2) is 34.9 Å². The average molecular weight is 315 g/mol. The lowest BCUT2D eigenvalue weighted by Gasteiger charge is -2.20. The van der Waals surface area contributed by atoms with Gasteiger partial charge in [-0.3, -0.25) is 4.79 Å². The molecule has 6 heteroatoms. The standard InChI is InChI=1S/C17H21N3O3/c21-17(14-6-2-1-3-7-14)18-11-15-19-16(23-20-15)9-8-13-5-4-10-22-12-13/h1-3,6-7,13H,4-5,8-12H2,(H,18,21). The van der Waals surface area contributed by atoms with Crippen LogP contribution in [0.3, 0.4) is 0 Å². The smallest absolute Gasteiger partial charge is 0.251 e. The van der Waals surface area contributed by atoms with Gasteiger partial charge in [0.05, 0.1) is 6.54 Å². The van der Waals surface area contributed by atoms with Crippen LogP contribution in [-0.4, -0.2) is 29.3 Å². The number of hydrogen-bond donors (Lipinski definition) is 1. The Kier molecular flexibility index (Phi) is 5.37. The lowest BCUT2D eigenvalue weighted by molar-refractivity contribution is 0.0511. The number of aryl methyl sites for hydroxylation is 1. The third-order valence-electron chi connectivity index (χ3n) is 3.97. The van der Waals surface area contributed by atoms with Gasteiger partial charge >= 0.3 is 0 Å². The number of nitrogens with one attached hydrogen (secondary N) is 1. The first-order valence-electron chi connectivity index (χ1n) is 8.04. The number of aromatic nitrogens is 2. The molecule has 2 heterocycles. The molecule has 1 aromatic carbocycles. The molecular weight excluding hydrogens is 294 g/mol. The van der Waals surface area contributed by atoms with E-state index in [9.17, 15) is 4.79 Å². The Morgan fingerprint density at radius 1 is 1.30 bits per heavy atom. The molecular formula is C17H21N3O3. The van der Waals surface area contributed by atoms with Crippen molar-refractivity contribution in [3.8, 4) is 0 Å². The Morgan fingerprint density at radius 2 is 2.17 bits per heavy atom. The zero-order valence-electron chi connectivity index (χ0n) is 13.0. The van der Waals surface area contributed by atoms with Gasteiger partial charge in [0, 0.05) is 25.2 Å².